The van der Waals surface area contributed by atoms with Gasteiger partial charge in [0, 0.05) is 0 Å². The van der Waals surface area contributed by atoms with Crippen LogP contribution < -0.4 is 0 Å². The molecule has 0 amide bonds. The van der Waals surface area contributed by atoms with Crippen LogP contribution in [0, 0.1) is 0 Å². The summed E-state index contributed by atoms with van der Waals surface area (Å²) in [7, 11) is -3.92. The first-order valence-corrected chi connectivity index (χ1v) is 12.7. The Bertz CT molecular complexity index is 1070. The van der Waals surface area contributed by atoms with E-state index in [9.17, 15) is 13.2 Å². The summed E-state index contributed by atoms with van der Waals surface area (Å²) >= 11 is 0. The molecule has 0 radical (unpaired) electrons. The highest BCUT2D eigenvalue weighted by Gasteiger charge is 2.58. The molecule has 2 heterocycles. The molecule has 4 rings (SSSR count). The molecule has 0 spiro atoms. The van der Waals surface area contributed by atoms with E-state index in [0.29, 0.717) is 5.56 Å². The normalized spacial score (nSPS) is 26.7. The Morgan fingerprint density at radius 2 is 1.68 bits per heavy atom. The number of benzene rings is 2. The summed E-state index contributed by atoms with van der Waals surface area (Å²) in [6.07, 6.45) is -3.35. The molecule has 0 aromatic heterocycles. The first kappa shape index (κ1) is 24.8. The number of hydrogen-bond donors (Lipinski definition) is 0. The van der Waals surface area contributed by atoms with Crippen LogP contribution in [-0.4, -0.2) is 63.7 Å². The molecule has 34 heavy (non-hydrogen) atoms. The largest absolute Gasteiger partial charge is 0.459 e. The third-order valence-corrected chi connectivity index (χ3v) is 5.96. The molecule has 2 fully saturated rings. The third-order valence-electron chi connectivity index (χ3n) is 5.37. The number of hydrogen-bond acceptors (Lipinski definition) is 9. The lowest BCUT2D eigenvalue weighted by Crippen LogP contribution is -2.46. The molecule has 0 aliphatic carbocycles. The highest BCUT2D eigenvalue weighted by atomic mass is 32.2. The number of rotatable bonds is 9. The fraction of sp³-hybridized carbons (Fsp3) is 0.458. The van der Waals surface area contributed by atoms with Crippen molar-refractivity contribution >= 4 is 16.1 Å². The summed E-state index contributed by atoms with van der Waals surface area (Å²) in [6, 6.07) is 17.9. The predicted molar refractivity (Wildman–Crippen MR) is 120 cm³/mol. The fourth-order valence-electron chi connectivity index (χ4n) is 3.98. The zero-order chi connectivity index (χ0) is 24.3. The van der Waals surface area contributed by atoms with Crippen LogP contribution in [-0.2, 0) is 44.6 Å². The fourth-order valence-corrected chi connectivity index (χ4v) is 4.59. The van der Waals surface area contributed by atoms with Gasteiger partial charge >= 0.3 is 5.97 Å². The molecule has 0 saturated carbocycles. The van der Waals surface area contributed by atoms with E-state index in [-0.39, 0.29) is 13.2 Å². The van der Waals surface area contributed by atoms with Crippen molar-refractivity contribution in [2.75, 3.05) is 12.9 Å². The van der Waals surface area contributed by atoms with Crippen LogP contribution in [0.3, 0.4) is 0 Å². The highest BCUT2D eigenvalue weighted by Crippen LogP contribution is 2.40. The number of fused-ring (bicyclic) bond motifs is 1. The summed E-state index contributed by atoms with van der Waals surface area (Å²) in [4.78, 5) is 12.5. The van der Waals surface area contributed by atoms with Crippen molar-refractivity contribution < 1.29 is 41.1 Å². The molecule has 2 aromatic carbocycles. The Labute approximate surface area is 199 Å². The van der Waals surface area contributed by atoms with E-state index in [4.69, 9.17) is 27.9 Å². The quantitative estimate of drug-likeness (QED) is 0.386. The summed E-state index contributed by atoms with van der Waals surface area (Å²) in [6.45, 7) is 3.36. The minimum absolute atomic E-state index is 0.230. The van der Waals surface area contributed by atoms with Crippen molar-refractivity contribution in [1.29, 1.82) is 0 Å². The van der Waals surface area contributed by atoms with Crippen LogP contribution in [0.1, 0.15) is 29.8 Å². The van der Waals surface area contributed by atoms with Crippen molar-refractivity contribution in [2.24, 2.45) is 0 Å². The average molecular weight is 493 g/mol. The van der Waals surface area contributed by atoms with E-state index in [2.05, 4.69) is 0 Å². The van der Waals surface area contributed by atoms with Gasteiger partial charge in [0.1, 0.15) is 31.0 Å². The molecule has 1 unspecified atom stereocenters. The van der Waals surface area contributed by atoms with E-state index in [0.717, 1.165) is 11.8 Å². The smallest absolute Gasteiger partial charge is 0.338 e. The van der Waals surface area contributed by atoms with Crippen LogP contribution in [0.5, 0.6) is 0 Å². The van der Waals surface area contributed by atoms with Crippen molar-refractivity contribution in [3.8, 4) is 0 Å². The van der Waals surface area contributed by atoms with Gasteiger partial charge in [0.15, 0.2) is 12.1 Å². The van der Waals surface area contributed by atoms with Crippen molar-refractivity contribution in [3.05, 3.63) is 71.8 Å². The minimum Gasteiger partial charge on any atom is -0.459 e. The molecule has 9 nitrogen and oxygen atoms in total. The zero-order valence-corrected chi connectivity index (χ0v) is 20.0. The average Bonchev–Trinajstić information content (AvgIpc) is 3.27. The summed E-state index contributed by atoms with van der Waals surface area (Å²) in [5.74, 6) is -1.52. The van der Waals surface area contributed by atoms with Gasteiger partial charge in [-0.3, -0.25) is 4.18 Å². The van der Waals surface area contributed by atoms with E-state index in [1.54, 1.807) is 44.2 Å². The van der Waals surface area contributed by atoms with Gasteiger partial charge in [-0.15, -0.1) is 0 Å². The molecule has 5 atom stereocenters. The molecular formula is C24H28O9S. The van der Waals surface area contributed by atoms with Gasteiger partial charge in [-0.2, -0.15) is 8.42 Å². The molecule has 2 aliphatic heterocycles. The molecule has 0 bridgehead atoms. The number of ether oxygens (including phenoxy) is 5. The topological polar surface area (TPSA) is 107 Å². The number of carbonyl (C=O) groups excluding carboxylic acids is 1. The van der Waals surface area contributed by atoms with Gasteiger partial charge in [0.25, 0.3) is 10.1 Å². The first-order chi connectivity index (χ1) is 16.1. The molecule has 0 N–H and O–H groups in total. The molecule has 2 saturated heterocycles. The Hall–Kier alpha value is -2.34. The van der Waals surface area contributed by atoms with Crippen molar-refractivity contribution in [2.45, 2.75) is 56.9 Å². The first-order valence-electron chi connectivity index (χ1n) is 10.9. The maximum Gasteiger partial charge on any atom is 0.338 e. The lowest BCUT2D eigenvalue weighted by atomic mass is 10.1. The molecular weight excluding hydrogens is 464 g/mol. The van der Waals surface area contributed by atoms with E-state index < -0.39 is 52.6 Å². The zero-order valence-electron chi connectivity index (χ0n) is 19.2. The van der Waals surface area contributed by atoms with Gasteiger partial charge in [-0.05, 0) is 31.5 Å². The number of carbonyl (C=O) groups is 1. The standard InChI is InChI=1S/C24H28O9S/c1-24(2)31-21-20(28-14-16-10-6-4-7-11-16)19(30-23(21)32-24)18(33-34(3,26)27)15-29-22(25)17-12-8-5-9-13-17/h4-13,18-21,23H,14-15H2,1-3H3/t18-,19-,20-,21?,23-/m1/s1. The van der Waals surface area contributed by atoms with Crippen LogP contribution in [0.15, 0.2) is 60.7 Å². The van der Waals surface area contributed by atoms with Gasteiger partial charge in [-0.1, -0.05) is 48.5 Å². The van der Waals surface area contributed by atoms with Gasteiger partial charge in [0.05, 0.1) is 18.4 Å². The third kappa shape index (κ3) is 6.21. The van der Waals surface area contributed by atoms with Gasteiger partial charge in [-0.25, -0.2) is 4.79 Å². The van der Waals surface area contributed by atoms with Crippen molar-refractivity contribution in [1.82, 2.24) is 0 Å². The SMILES string of the molecule is CC1(C)OC2[C@H](O[C@H]([C@@H](COC(=O)c3ccccc3)OS(C)(=O)=O)[C@H]2OCc2ccccc2)O1. The molecule has 184 valence electrons. The van der Waals surface area contributed by atoms with E-state index in [1.165, 1.54) is 0 Å². The molecule has 10 heteroatoms. The minimum atomic E-state index is -3.92. The summed E-state index contributed by atoms with van der Waals surface area (Å²) in [5.41, 5.74) is 1.24. The maximum atomic E-state index is 12.5. The Morgan fingerprint density at radius 1 is 1.03 bits per heavy atom. The Morgan fingerprint density at radius 3 is 2.32 bits per heavy atom. The van der Waals surface area contributed by atoms with Crippen LogP contribution in [0.2, 0.25) is 0 Å². The lowest BCUT2D eigenvalue weighted by Gasteiger charge is -2.30. The van der Waals surface area contributed by atoms with Crippen LogP contribution >= 0.6 is 0 Å². The highest BCUT2D eigenvalue weighted by molar-refractivity contribution is 7.86. The molecule has 2 aromatic rings. The van der Waals surface area contributed by atoms with Gasteiger partial charge < -0.3 is 23.7 Å². The Balaban J connectivity index is 1.53. The monoisotopic (exact) mass is 492 g/mol. The number of esters is 1. The second-order valence-corrected chi connectivity index (χ2v) is 10.2. The van der Waals surface area contributed by atoms with E-state index >= 15 is 0 Å². The van der Waals surface area contributed by atoms with Crippen LogP contribution in [0.4, 0.5) is 0 Å². The van der Waals surface area contributed by atoms with E-state index in [1.807, 2.05) is 30.3 Å². The second-order valence-electron chi connectivity index (χ2n) is 8.63. The Kier molecular flexibility index (Phi) is 7.36. The van der Waals surface area contributed by atoms with Gasteiger partial charge in [0.2, 0.25) is 0 Å². The lowest BCUT2D eigenvalue weighted by molar-refractivity contribution is -0.230. The van der Waals surface area contributed by atoms with Crippen LogP contribution in [0.25, 0.3) is 0 Å². The maximum absolute atomic E-state index is 12.5. The summed E-state index contributed by atoms with van der Waals surface area (Å²) in [5, 5.41) is 0. The molecule has 2 aliphatic rings. The summed E-state index contributed by atoms with van der Waals surface area (Å²) < 4.78 is 58.7. The second kappa shape index (κ2) is 10.1. The van der Waals surface area contributed by atoms with Crippen molar-refractivity contribution in [3.63, 3.8) is 0 Å². The predicted octanol–water partition coefficient (Wildman–Crippen LogP) is 2.65.